The Labute approximate surface area is 155 Å². The van der Waals surface area contributed by atoms with Gasteiger partial charge in [0, 0.05) is 11.6 Å². The number of nitrogen functional groups attached to an aromatic ring is 1. The van der Waals surface area contributed by atoms with Crippen molar-refractivity contribution in [3.8, 4) is 11.4 Å². The van der Waals surface area contributed by atoms with E-state index in [9.17, 15) is 4.79 Å². The highest BCUT2D eigenvalue weighted by Gasteiger charge is 2.20. The Bertz CT molecular complexity index is 925. The zero-order valence-electron chi connectivity index (χ0n) is 14.1. The van der Waals surface area contributed by atoms with E-state index < -0.39 is 5.91 Å². The van der Waals surface area contributed by atoms with Gasteiger partial charge < -0.3 is 15.8 Å². The number of para-hydroxylation sites is 2. The van der Waals surface area contributed by atoms with Crippen LogP contribution in [0.5, 0.6) is 5.75 Å². The van der Waals surface area contributed by atoms with E-state index in [0.29, 0.717) is 23.1 Å². The van der Waals surface area contributed by atoms with Gasteiger partial charge >= 0.3 is 0 Å². The molecule has 7 nitrogen and oxygen atoms in total. The summed E-state index contributed by atoms with van der Waals surface area (Å²) in [5, 5.41) is 11.2. The molecule has 0 saturated carbocycles. The summed E-state index contributed by atoms with van der Waals surface area (Å²) in [4.78, 5) is 12.4. The van der Waals surface area contributed by atoms with Crippen molar-refractivity contribution in [1.29, 1.82) is 0 Å². The maximum Gasteiger partial charge on any atom is 0.275 e. The number of hydrogen-bond donors (Lipinski definition) is 2. The lowest BCUT2D eigenvalue weighted by atomic mass is 10.2. The summed E-state index contributed by atoms with van der Waals surface area (Å²) in [5.41, 5.74) is 7.56. The van der Waals surface area contributed by atoms with Gasteiger partial charge in [0.1, 0.15) is 11.4 Å². The number of nitrogens with one attached hydrogen (secondary N) is 1. The molecule has 3 rings (SSSR count). The molecular formula is C18H18ClN5O2. The summed E-state index contributed by atoms with van der Waals surface area (Å²) in [6.07, 6.45) is 0. The molecule has 0 spiro atoms. The first kappa shape index (κ1) is 17.8. The zero-order valence-corrected chi connectivity index (χ0v) is 14.9. The number of ether oxygens (including phenoxy) is 1. The summed E-state index contributed by atoms with van der Waals surface area (Å²) in [7, 11) is 0. The number of amides is 1. The standard InChI is InChI=1S/C18H18ClN5O2/c1-2-26-15-10-6-5-9-14(15)24-17(20)16(22-23-24)18(25)21-11-12-7-3-4-8-13(12)19/h3-10H,2,11,20H2,1H3,(H,21,25). The molecule has 0 aliphatic heterocycles. The van der Waals surface area contributed by atoms with Crippen LogP contribution >= 0.6 is 11.6 Å². The fourth-order valence-electron chi connectivity index (χ4n) is 2.44. The second-order valence-corrected chi connectivity index (χ2v) is 5.82. The van der Waals surface area contributed by atoms with Crippen molar-refractivity contribution in [3.05, 3.63) is 64.8 Å². The molecule has 3 N–H and O–H groups in total. The first-order chi connectivity index (χ1) is 12.6. The Hall–Kier alpha value is -3.06. The molecular weight excluding hydrogens is 354 g/mol. The molecule has 0 atom stereocenters. The van der Waals surface area contributed by atoms with Crippen molar-refractivity contribution < 1.29 is 9.53 Å². The summed E-state index contributed by atoms with van der Waals surface area (Å²) < 4.78 is 6.96. The van der Waals surface area contributed by atoms with Crippen molar-refractivity contribution in [3.63, 3.8) is 0 Å². The average molecular weight is 372 g/mol. The third-order valence-electron chi connectivity index (χ3n) is 3.71. The molecule has 0 saturated heterocycles. The van der Waals surface area contributed by atoms with Crippen molar-refractivity contribution in [2.24, 2.45) is 0 Å². The van der Waals surface area contributed by atoms with E-state index >= 15 is 0 Å². The lowest BCUT2D eigenvalue weighted by Crippen LogP contribution is -2.24. The monoisotopic (exact) mass is 371 g/mol. The average Bonchev–Trinajstić information content (AvgIpc) is 3.03. The molecule has 8 heteroatoms. The molecule has 1 amide bonds. The number of hydrogen-bond acceptors (Lipinski definition) is 5. The van der Waals surface area contributed by atoms with Crippen molar-refractivity contribution in [2.45, 2.75) is 13.5 Å². The largest absolute Gasteiger partial charge is 0.492 e. The topological polar surface area (TPSA) is 95.1 Å². The number of halogens is 1. The first-order valence-electron chi connectivity index (χ1n) is 8.06. The van der Waals surface area contributed by atoms with Crippen LogP contribution in [0, 0.1) is 0 Å². The molecule has 0 aliphatic rings. The predicted molar refractivity (Wildman–Crippen MR) is 99.6 cm³/mol. The Kier molecular flexibility index (Phi) is 5.38. The third-order valence-corrected chi connectivity index (χ3v) is 4.08. The highest BCUT2D eigenvalue weighted by atomic mass is 35.5. The van der Waals surface area contributed by atoms with Gasteiger partial charge in [-0.1, -0.05) is 47.1 Å². The fraction of sp³-hybridized carbons (Fsp3) is 0.167. The number of aromatic nitrogens is 3. The van der Waals surface area contributed by atoms with Crippen LogP contribution in [0.15, 0.2) is 48.5 Å². The van der Waals surface area contributed by atoms with Crippen LogP contribution in [-0.4, -0.2) is 27.5 Å². The SMILES string of the molecule is CCOc1ccccc1-n1nnc(C(=O)NCc2ccccc2Cl)c1N. The van der Waals surface area contributed by atoms with E-state index in [4.69, 9.17) is 22.1 Å². The van der Waals surface area contributed by atoms with Gasteiger partial charge in [0.2, 0.25) is 0 Å². The van der Waals surface area contributed by atoms with Gasteiger partial charge in [0.15, 0.2) is 11.5 Å². The maximum absolute atomic E-state index is 12.4. The number of anilines is 1. The Morgan fingerprint density at radius 2 is 1.96 bits per heavy atom. The van der Waals surface area contributed by atoms with E-state index in [1.165, 1.54) is 4.68 Å². The van der Waals surface area contributed by atoms with Crippen LogP contribution in [0.4, 0.5) is 5.82 Å². The van der Waals surface area contributed by atoms with E-state index in [1.54, 1.807) is 18.2 Å². The number of nitrogens with two attached hydrogens (primary N) is 1. The lowest BCUT2D eigenvalue weighted by molar-refractivity contribution is 0.0947. The predicted octanol–water partition coefficient (Wildman–Crippen LogP) is 2.83. The van der Waals surface area contributed by atoms with Gasteiger partial charge in [-0.15, -0.1) is 5.10 Å². The van der Waals surface area contributed by atoms with Crippen LogP contribution in [0.3, 0.4) is 0 Å². The Morgan fingerprint density at radius 1 is 1.23 bits per heavy atom. The minimum atomic E-state index is -0.428. The number of carbonyl (C=O) groups excluding carboxylic acids is 1. The minimum Gasteiger partial charge on any atom is -0.492 e. The van der Waals surface area contributed by atoms with Crippen molar-refractivity contribution in [2.75, 3.05) is 12.3 Å². The minimum absolute atomic E-state index is 0.0448. The molecule has 0 aliphatic carbocycles. The fourth-order valence-corrected chi connectivity index (χ4v) is 2.64. The molecule has 1 heterocycles. The number of rotatable bonds is 6. The van der Waals surface area contributed by atoms with Crippen LogP contribution in [0.2, 0.25) is 5.02 Å². The van der Waals surface area contributed by atoms with E-state index in [1.807, 2.05) is 37.3 Å². The highest BCUT2D eigenvalue weighted by Crippen LogP contribution is 2.25. The van der Waals surface area contributed by atoms with Gasteiger partial charge in [0.05, 0.1) is 6.61 Å². The molecule has 134 valence electrons. The number of nitrogens with zero attached hydrogens (tertiary/aromatic N) is 3. The molecule has 0 bridgehead atoms. The smallest absolute Gasteiger partial charge is 0.275 e. The first-order valence-corrected chi connectivity index (χ1v) is 8.44. The van der Waals surface area contributed by atoms with Crippen LogP contribution in [0.1, 0.15) is 23.0 Å². The van der Waals surface area contributed by atoms with E-state index in [-0.39, 0.29) is 18.1 Å². The maximum atomic E-state index is 12.4. The van der Waals surface area contributed by atoms with Gasteiger partial charge in [-0.2, -0.15) is 4.68 Å². The summed E-state index contributed by atoms with van der Waals surface area (Å²) in [6.45, 7) is 2.65. The molecule has 26 heavy (non-hydrogen) atoms. The van der Waals surface area contributed by atoms with Crippen molar-refractivity contribution >= 4 is 23.3 Å². The highest BCUT2D eigenvalue weighted by molar-refractivity contribution is 6.31. The van der Waals surface area contributed by atoms with Crippen LogP contribution in [-0.2, 0) is 6.54 Å². The second-order valence-electron chi connectivity index (χ2n) is 5.41. The lowest BCUT2D eigenvalue weighted by Gasteiger charge is -2.10. The normalized spacial score (nSPS) is 10.5. The van der Waals surface area contributed by atoms with Gasteiger partial charge in [-0.25, -0.2) is 0 Å². The van der Waals surface area contributed by atoms with Crippen LogP contribution < -0.4 is 15.8 Å². The number of benzene rings is 2. The molecule has 1 aromatic heterocycles. The molecule has 2 aromatic carbocycles. The van der Waals surface area contributed by atoms with E-state index in [0.717, 1.165) is 5.56 Å². The molecule has 0 unspecified atom stereocenters. The van der Waals surface area contributed by atoms with Crippen molar-refractivity contribution in [1.82, 2.24) is 20.3 Å². The van der Waals surface area contributed by atoms with Gasteiger partial charge in [-0.3, -0.25) is 4.79 Å². The Morgan fingerprint density at radius 3 is 2.73 bits per heavy atom. The van der Waals surface area contributed by atoms with E-state index in [2.05, 4.69) is 15.6 Å². The molecule has 3 aromatic rings. The van der Waals surface area contributed by atoms with Gasteiger partial charge in [0.25, 0.3) is 5.91 Å². The van der Waals surface area contributed by atoms with Crippen LogP contribution in [0.25, 0.3) is 5.69 Å². The molecule has 0 fully saturated rings. The summed E-state index contributed by atoms with van der Waals surface area (Å²) in [5.74, 6) is 0.311. The third kappa shape index (κ3) is 3.62. The second kappa shape index (κ2) is 7.88. The summed E-state index contributed by atoms with van der Waals surface area (Å²) in [6, 6.07) is 14.5. The Balaban J connectivity index is 1.81. The summed E-state index contributed by atoms with van der Waals surface area (Å²) >= 11 is 6.09. The molecule has 0 radical (unpaired) electrons. The zero-order chi connectivity index (χ0) is 18.5. The number of carbonyl (C=O) groups is 1. The van der Waals surface area contributed by atoms with Gasteiger partial charge in [-0.05, 0) is 30.7 Å². The quantitative estimate of drug-likeness (QED) is 0.694.